The van der Waals surface area contributed by atoms with E-state index < -0.39 is 19.9 Å². The van der Waals surface area contributed by atoms with E-state index in [1.54, 1.807) is 0 Å². The molecule has 0 N–H and O–H groups in total. The van der Waals surface area contributed by atoms with Crippen LogP contribution in [0.2, 0.25) is 0 Å². The maximum Gasteiger partial charge on any atom is 0.264 e. The van der Waals surface area contributed by atoms with Gasteiger partial charge in [-0.1, -0.05) is 18.2 Å². The van der Waals surface area contributed by atoms with Crippen LogP contribution in [0.25, 0.3) is 0 Å². The molecule has 0 bridgehead atoms. The fourth-order valence-corrected chi connectivity index (χ4v) is 7.02. The van der Waals surface area contributed by atoms with Gasteiger partial charge in [-0.25, -0.2) is 16.8 Å². The first-order valence-corrected chi connectivity index (χ1v) is 13.9. The molecule has 0 unspecified atom stereocenters. The maximum atomic E-state index is 13.6. The van der Waals surface area contributed by atoms with Gasteiger partial charge in [0.2, 0.25) is 0 Å². The van der Waals surface area contributed by atoms with Crippen molar-refractivity contribution in [2.45, 2.75) is 54.4 Å². The van der Waals surface area contributed by atoms with Crippen LogP contribution in [0, 0.1) is 0 Å². The number of piperidine rings is 1. The van der Waals surface area contributed by atoms with Gasteiger partial charge in [0.15, 0.2) is 9.84 Å². The average Bonchev–Trinajstić information content (AvgIpc) is 3.02. The molecule has 0 aromatic heterocycles. The number of likely N-dealkylation sites (tertiary alicyclic amines) is 1. The fourth-order valence-electron chi connectivity index (χ4n) is 4.82. The van der Waals surface area contributed by atoms with Crippen molar-refractivity contribution in [1.82, 2.24) is 4.90 Å². The third-order valence-electron chi connectivity index (χ3n) is 6.70. The first kappa shape index (κ1) is 22.3. The summed E-state index contributed by atoms with van der Waals surface area (Å²) in [5, 5.41) is 0. The highest BCUT2D eigenvalue weighted by Crippen LogP contribution is 2.49. The molecule has 0 amide bonds. The predicted octanol–water partition coefficient (Wildman–Crippen LogP) is 3.43. The lowest BCUT2D eigenvalue weighted by Gasteiger charge is -2.45. The Hall–Kier alpha value is -1.90. The molecule has 0 aliphatic carbocycles. The van der Waals surface area contributed by atoms with Crippen molar-refractivity contribution in [2.24, 2.45) is 0 Å². The van der Waals surface area contributed by atoms with E-state index in [4.69, 9.17) is 0 Å². The van der Waals surface area contributed by atoms with Crippen LogP contribution in [0.5, 0.6) is 0 Å². The third kappa shape index (κ3) is 3.90. The second kappa shape index (κ2) is 7.32. The normalized spacial score (nSPS) is 19.5. The van der Waals surface area contributed by atoms with Gasteiger partial charge in [0, 0.05) is 23.8 Å². The average molecular weight is 463 g/mol. The number of rotatable bonds is 3. The van der Waals surface area contributed by atoms with E-state index in [-0.39, 0.29) is 20.7 Å². The molecule has 2 aromatic carbocycles. The third-order valence-corrected chi connectivity index (χ3v) is 9.60. The van der Waals surface area contributed by atoms with Gasteiger partial charge in [-0.05, 0) is 82.6 Å². The molecule has 2 heterocycles. The lowest BCUT2D eigenvalue weighted by molar-refractivity contribution is 0.0790. The predicted molar refractivity (Wildman–Crippen MR) is 123 cm³/mol. The number of hydrogen-bond donors (Lipinski definition) is 0. The van der Waals surface area contributed by atoms with Crippen LogP contribution in [0.1, 0.15) is 39.2 Å². The van der Waals surface area contributed by atoms with E-state index in [0.29, 0.717) is 6.54 Å². The van der Waals surface area contributed by atoms with Crippen molar-refractivity contribution in [3.8, 4) is 0 Å². The Bertz CT molecular complexity index is 1190. The van der Waals surface area contributed by atoms with E-state index in [2.05, 4.69) is 31.7 Å². The minimum absolute atomic E-state index is 0.0901. The Morgan fingerprint density at radius 2 is 1.39 bits per heavy atom. The van der Waals surface area contributed by atoms with Gasteiger partial charge in [0.05, 0.1) is 15.5 Å². The van der Waals surface area contributed by atoms with Crippen LogP contribution >= 0.6 is 0 Å². The van der Waals surface area contributed by atoms with Gasteiger partial charge in [0.25, 0.3) is 10.0 Å². The van der Waals surface area contributed by atoms with Crippen LogP contribution in [0.3, 0.4) is 0 Å². The summed E-state index contributed by atoms with van der Waals surface area (Å²) in [6.45, 7) is 8.91. The summed E-state index contributed by atoms with van der Waals surface area (Å²) >= 11 is 0. The highest BCUT2D eigenvalue weighted by Gasteiger charge is 2.48. The Balaban J connectivity index is 1.69. The highest BCUT2D eigenvalue weighted by molar-refractivity contribution is 7.93. The van der Waals surface area contributed by atoms with Gasteiger partial charge in [-0.3, -0.25) is 9.21 Å². The molecule has 6 nitrogen and oxygen atoms in total. The molecule has 8 heteroatoms. The fraction of sp³-hybridized carbons (Fsp3) is 0.478. The summed E-state index contributed by atoms with van der Waals surface area (Å²) in [6.07, 6.45) is 2.92. The number of sulfonamides is 1. The van der Waals surface area contributed by atoms with E-state index in [1.807, 2.05) is 18.2 Å². The van der Waals surface area contributed by atoms with Crippen LogP contribution in [-0.2, 0) is 25.3 Å². The minimum Gasteiger partial charge on any atom is -0.298 e. The van der Waals surface area contributed by atoms with Gasteiger partial charge in [0.1, 0.15) is 0 Å². The SMILES string of the molecule is CC(C)(C)N1CCC2(CC1)CN(S(=O)(=O)c1ccc(S(C)(=O)=O)cc1)c1ccccc12. The van der Waals surface area contributed by atoms with Gasteiger partial charge in [-0.15, -0.1) is 0 Å². The second-order valence-electron chi connectivity index (χ2n) is 9.71. The summed E-state index contributed by atoms with van der Waals surface area (Å²) < 4.78 is 52.2. The lowest BCUT2D eigenvalue weighted by atomic mass is 9.73. The number of sulfone groups is 1. The Morgan fingerprint density at radius 1 is 0.839 bits per heavy atom. The van der Waals surface area contributed by atoms with Crippen molar-refractivity contribution in [3.05, 3.63) is 54.1 Å². The minimum atomic E-state index is -3.81. The van der Waals surface area contributed by atoms with Crippen molar-refractivity contribution in [2.75, 3.05) is 30.2 Å². The van der Waals surface area contributed by atoms with Crippen molar-refractivity contribution in [1.29, 1.82) is 0 Å². The molecule has 1 spiro atoms. The number of benzene rings is 2. The van der Waals surface area contributed by atoms with E-state index in [0.717, 1.165) is 43.4 Å². The summed E-state index contributed by atoms with van der Waals surface area (Å²) in [5.41, 5.74) is 1.73. The van der Waals surface area contributed by atoms with Gasteiger partial charge in [-0.2, -0.15) is 0 Å². The number of anilines is 1. The molecule has 2 aliphatic heterocycles. The molecule has 0 radical (unpaired) electrons. The molecule has 2 aliphatic rings. The summed E-state index contributed by atoms with van der Waals surface area (Å²) in [7, 11) is -7.19. The molecular weight excluding hydrogens is 432 g/mol. The van der Waals surface area contributed by atoms with Gasteiger partial charge < -0.3 is 0 Å². The number of hydrogen-bond acceptors (Lipinski definition) is 5. The molecule has 168 valence electrons. The monoisotopic (exact) mass is 462 g/mol. The number of fused-ring (bicyclic) bond motifs is 2. The van der Waals surface area contributed by atoms with E-state index in [1.165, 1.54) is 28.6 Å². The molecular formula is C23H30N2O4S2. The molecule has 1 saturated heterocycles. The van der Waals surface area contributed by atoms with Crippen molar-refractivity contribution >= 4 is 25.5 Å². The molecule has 2 aromatic rings. The van der Waals surface area contributed by atoms with Gasteiger partial charge >= 0.3 is 0 Å². The second-order valence-corrected chi connectivity index (χ2v) is 13.6. The van der Waals surface area contributed by atoms with Crippen LogP contribution in [0.4, 0.5) is 5.69 Å². The molecule has 1 fully saturated rings. The molecule has 4 rings (SSSR count). The van der Waals surface area contributed by atoms with Crippen LogP contribution in [-0.4, -0.2) is 53.2 Å². The topological polar surface area (TPSA) is 74.8 Å². The molecule has 0 atom stereocenters. The molecule has 0 saturated carbocycles. The zero-order chi connectivity index (χ0) is 22.7. The largest absolute Gasteiger partial charge is 0.298 e. The first-order chi connectivity index (χ1) is 14.3. The Labute approximate surface area is 185 Å². The van der Waals surface area contributed by atoms with Crippen LogP contribution < -0.4 is 4.31 Å². The quantitative estimate of drug-likeness (QED) is 0.699. The highest BCUT2D eigenvalue weighted by atomic mass is 32.2. The number of para-hydroxylation sites is 1. The summed E-state index contributed by atoms with van der Waals surface area (Å²) in [5.74, 6) is 0. The summed E-state index contributed by atoms with van der Waals surface area (Å²) in [4.78, 5) is 2.68. The standard InChI is InChI=1S/C23H30N2O4S2/c1-22(2,3)24-15-13-23(14-16-24)17-25(21-8-6-5-7-20(21)23)31(28,29)19-11-9-18(10-12-19)30(4,26)27/h5-12H,13-17H2,1-4H3. The van der Waals surface area contributed by atoms with Crippen molar-refractivity contribution < 1.29 is 16.8 Å². The van der Waals surface area contributed by atoms with Crippen LogP contribution in [0.15, 0.2) is 58.3 Å². The first-order valence-electron chi connectivity index (χ1n) is 10.5. The lowest BCUT2D eigenvalue weighted by Crippen LogP contribution is -2.51. The number of nitrogens with zero attached hydrogens (tertiary/aromatic N) is 2. The smallest absolute Gasteiger partial charge is 0.264 e. The zero-order valence-corrected chi connectivity index (χ0v) is 20.1. The van der Waals surface area contributed by atoms with E-state index >= 15 is 0 Å². The maximum absolute atomic E-state index is 13.6. The Morgan fingerprint density at radius 3 is 1.94 bits per heavy atom. The van der Waals surface area contributed by atoms with E-state index in [9.17, 15) is 16.8 Å². The molecule has 31 heavy (non-hydrogen) atoms. The summed E-state index contributed by atoms with van der Waals surface area (Å²) in [6, 6.07) is 13.3. The van der Waals surface area contributed by atoms with Crippen molar-refractivity contribution in [3.63, 3.8) is 0 Å². The zero-order valence-electron chi connectivity index (χ0n) is 18.5. The Kier molecular flexibility index (Phi) is 5.26.